The minimum atomic E-state index is 0.283. The Balaban J connectivity index is 1.93. The lowest BCUT2D eigenvalue weighted by Gasteiger charge is -2.45. The molecule has 1 fully saturated rings. The molecule has 1 nitrogen and oxygen atoms in total. The maximum Gasteiger partial charge on any atom is 0.191 e. The summed E-state index contributed by atoms with van der Waals surface area (Å²) in [6, 6.07) is 6.02. The third-order valence-corrected chi connectivity index (χ3v) is 6.58. The minimum Gasteiger partial charge on any atom is -0.289 e. The van der Waals surface area contributed by atoms with Crippen LogP contribution < -0.4 is 5.43 Å². The van der Waals surface area contributed by atoms with Gasteiger partial charge in [0.15, 0.2) is 5.43 Å². The van der Waals surface area contributed by atoms with E-state index in [-0.39, 0.29) is 5.43 Å². The van der Waals surface area contributed by atoms with E-state index in [0.717, 1.165) is 33.0 Å². The molecule has 2 aliphatic carbocycles. The first-order valence-corrected chi connectivity index (χ1v) is 8.52. The Bertz CT molecular complexity index is 727. The molecule has 0 unspecified atom stereocenters. The molecule has 0 N–H and O–H groups in total. The van der Waals surface area contributed by atoms with Gasteiger partial charge in [0.25, 0.3) is 0 Å². The second kappa shape index (κ2) is 4.16. The average molecular weight is 335 g/mol. The Hall–Kier alpha value is -0.670. The zero-order chi connectivity index (χ0) is 13.0. The smallest absolute Gasteiger partial charge is 0.191 e. The molecule has 19 heavy (non-hydrogen) atoms. The van der Waals surface area contributed by atoms with Crippen molar-refractivity contribution in [1.29, 1.82) is 0 Å². The average Bonchev–Trinajstić information content (AvgIpc) is 2.36. The fraction of sp³-hybridized carbons (Fsp3) is 0.438. The Labute approximate surface area is 124 Å². The molecule has 0 bridgehead atoms. The largest absolute Gasteiger partial charge is 0.289 e. The molecule has 0 atom stereocenters. The second-order valence-corrected chi connectivity index (χ2v) is 8.06. The molecular weight excluding hydrogens is 320 g/mol. The van der Waals surface area contributed by atoms with Crippen LogP contribution in [0.2, 0.25) is 0 Å². The summed E-state index contributed by atoms with van der Waals surface area (Å²) in [5.74, 6) is 0. The van der Waals surface area contributed by atoms with E-state index in [1.54, 1.807) is 0 Å². The van der Waals surface area contributed by atoms with Gasteiger partial charge in [0.1, 0.15) is 0 Å². The number of fused-ring (bicyclic) bond motifs is 2. The van der Waals surface area contributed by atoms with Crippen LogP contribution in [0.3, 0.4) is 0 Å². The van der Waals surface area contributed by atoms with Gasteiger partial charge in [-0.05, 0) is 55.7 Å². The summed E-state index contributed by atoms with van der Waals surface area (Å²) in [5, 5.41) is 0.900. The van der Waals surface area contributed by atoms with Gasteiger partial charge in [0, 0.05) is 25.0 Å². The van der Waals surface area contributed by atoms with Gasteiger partial charge in [-0.2, -0.15) is 0 Å². The van der Waals surface area contributed by atoms with Crippen LogP contribution in [0.5, 0.6) is 0 Å². The molecule has 0 aliphatic heterocycles. The molecule has 0 saturated heterocycles. The van der Waals surface area contributed by atoms with E-state index in [2.05, 4.69) is 22.0 Å². The highest BCUT2D eigenvalue weighted by molar-refractivity contribution is 9.10. The van der Waals surface area contributed by atoms with Gasteiger partial charge < -0.3 is 0 Å². The van der Waals surface area contributed by atoms with Crippen molar-refractivity contribution >= 4 is 37.4 Å². The van der Waals surface area contributed by atoms with E-state index in [9.17, 15) is 4.79 Å². The maximum absolute atomic E-state index is 12.6. The van der Waals surface area contributed by atoms with Crippen LogP contribution in [-0.2, 0) is 12.8 Å². The van der Waals surface area contributed by atoms with Crippen molar-refractivity contribution in [3.05, 3.63) is 43.3 Å². The normalized spacial score (nSPS) is 20.3. The zero-order valence-corrected chi connectivity index (χ0v) is 13.1. The topological polar surface area (TPSA) is 17.1 Å². The van der Waals surface area contributed by atoms with E-state index in [1.165, 1.54) is 30.6 Å². The molecule has 2 aliphatic rings. The monoisotopic (exact) mass is 334 g/mol. The molecule has 1 aromatic carbocycles. The third-order valence-electron chi connectivity index (χ3n) is 4.89. The Kier molecular flexibility index (Phi) is 2.65. The number of hydrogen-bond acceptors (Lipinski definition) is 2. The van der Waals surface area contributed by atoms with Crippen LogP contribution in [0.1, 0.15) is 36.1 Å². The van der Waals surface area contributed by atoms with E-state index >= 15 is 0 Å². The summed E-state index contributed by atoms with van der Waals surface area (Å²) in [5.41, 5.74) is 1.94. The van der Waals surface area contributed by atoms with Gasteiger partial charge in [0.2, 0.25) is 0 Å². The van der Waals surface area contributed by atoms with E-state index in [4.69, 9.17) is 0 Å². The Morgan fingerprint density at radius 2 is 2.05 bits per heavy atom. The summed E-state index contributed by atoms with van der Waals surface area (Å²) in [7, 11) is 0. The molecule has 1 spiro atoms. The fourth-order valence-corrected chi connectivity index (χ4v) is 5.50. The van der Waals surface area contributed by atoms with E-state index < -0.39 is 0 Å². The second-order valence-electron chi connectivity index (χ2n) is 6.00. The van der Waals surface area contributed by atoms with Crippen molar-refractivity contribution in [2.24, 2.45) is 5.41 Å². The molecular formula is C16H15BrOS. The number of hydrogen-bond donors (Lipinski definition) is 0. The molecule has 98 valence electrons. The van der Waals surface area contributed by atoms with Crippen LogP contribution in [0.15, 0.2) is 27.5 Å². The molecule has 2 aromatic rings. The highest BCUT2D eigenvalue weighted by atomic mass is 79.9. The summed E-state index contributed by atoms with van der Waals surface area (Å²) in [4.78, 5) is 14.0. The van der Waals surface area contributed by atoms with Gasteiger partial charge in [-0.25, -0.2) is 0 Å². The predicted octanol–water partition coefficient (Wildman–Crippen LogP) is 4.68. The SMILES string of the molecule is O=c1c2c(sc3cc(Br)ccc13)CC1(CCC1)CC2. The fourth-order valence-electron chi connectivity index (χ4n) is 3.57. The number of rotatable bonds is 0. The van der Waals surface area contributed by atoms with Gasteiger partial charge in [-0.15, -0.1) is 11.3 Å². The molecule has 0 amide bonds. The Morgan fingerprint density at radius 1 is 1.21 bits per heavy atom. The Morgan fingerprint density at radius 3 is 2.79 bits per heavy atom. The van der Waals surface area contributed by atoms with Gasteiger partial charge in [-0.1, -0.05) is 22.4 Å². The summed E-state index contributed by atoms with van der Waals surface area (Å²) < 4.78 is 2.19. The standard InChI is InChI=1S/C16H15BrOS/c17-10-2-3-11-13(8-10)19-14-9-16(5-1-6-16)7-4-12(14)15(11)18/h2-3,8H,1,4-7,9H2. The zero-order valence-electron chi connectivity index (χ0n) is 10.7. The van der Waals surface area contributed by atoms with Gasteiger partial charge >= 0.3 is 0 Å². The van der Waals surface area contributed by atoms with Crippen LogP contribution >= 0.6 is 27.3 Å². The van der Waals surface area contributed by atoms with Crippen molar-refractivity contribution in [3.8, 4) is 0 Å². The molecule has 1 aromatic heterocycles. The maximum atomic E-state index is 12.6. The first kappa shape index (κ1) is 12.1. The van der Waals surface area contributed by atoms with Crippen LogP contribution in [0, 0.1) is 5.41 Å². The van der Waals surface area contributed by atoms with Crippen LogP contribution in [-0.4, -0.2) is 0 Å². The highest BCUT2D eigenvalue weighted by Gasteiger charge is 2.40. The van der Waals surface area contributed by atoms with Gasteiger partial charge in [-0.3, -0.25) is 4.79 Å². The van der Waals surface area contributed by atoms with Crippen molar-refractivity contribution < 1.29 is 0 Å². The van der Waals surface area contributed by atoms with Crippen molar-refractivity contribution in [1.82, 2.24) is 0 Å². The van der Waals surface area contributed by atoms with Crippen molar-refractivity contribution in [2.75, 3.05) is 0 Å². The first-order valence-electron chi connectivity index (χ1n) is 6.91. The molecule has 4 rings (SSSR count). The summed E-state index contributed by atoms with van der Waals surface area (Å²) >= 11 is 5.34. The lowest BCUT2D eigenvalue weighted by Crippen LogP contribution is -2.36. The van der Waals surface area contributed by atoms with Crippen LogP contribution in [0.25, 0.3) is 10.1 Å². The minimum absolute atomic E-state index is 0.283. The number of halogens is 1. The van der Waals surface area contributed by atoms with E-state index in [1.807, 2.05) is 23.5 Å². The van der Waals surface area contributed by atoms with E-state index in [0.29, 0.717) is 5.41 Å². The summed E-state index contributed by atoms with van der Waals surface area (Å²) in [6.07, 6.45) is 7.47. The number of benzene rings is 1. The van der Waals surface area contributed by atoms with Crippen molar-refractivity contribution in [2.45, 2.75) is 38.5 Å². The molecule has 0 radical (unpaired) electrons. The third kappa shape index (κ3) is 1.82. The quantitative estimate of drug-likeness (QED) is 0.683. The predicted molar refractivity (Wildman–Crippen MR) is 84.1 cm³/mol. The highest BCUT2D eigenvalue weighted by Crippen LogP contribution is 2.50. The van der Waals surface area contributed by atoms with Gasteiger partial charge in [0.05, 0.1) is 0 Å². The summed E-state index contributed by atoms with van der Waals surface area (Å²) in [6.45, 7) is 0. The van der Waals surface area contributed by atoms with Crippen molar-refractivity contribution in [3.63, 3.8) is 0 Å². The molecule has 3 heteroatoms. The molecule has 1 saturated carbocycles. The first-order chi connectivity index (χ1) is 9.17. The lowest BCUT2D eigenvalue weighted by atomic mass is 9.61. The lowest BCUT2D eigenvalue weighted by molar-refractivity contribution is 0.113. The molecule has 1 heterocycles. The van der Waals surface area contributed by atoms with Crippen LogP contribution in [0.4, 0.5) is 0 Å².